The largest absolute Gasteiger partial charge is 0.481 e. The van der Waals surface area contributed by atoms with Crippen LogP contribution in [0.4, 0.5) is 0 Å². The van der Waals surface area contributed by atoms with Gasteiger partial charge in [0.25, 0.3) is 0 Å². The topological polar surface area (TPSA) is 79.7 Å². The van der Waals surface area contributed by atoms with Crippen LogP contribution in [0.5, 0.6) is 0 Å². The van der Waals surface area contributed by atoms with Crippen molar-refractivity contribution in [2.75, 3.05) is 13.7 Å². The molecule has 0 spiro atoms. The van der Waals surface area contributed by atoms with E-state index >= 15 is 0 Å². The van der Waals surface area contributed by atoms with E-state index < -0.39 is 17.5 Å². The third kappa shape index (κ3) is 4.19. The van der Waals surface area contributed by atoms with Crippen LogP contribution >= 0.6 is 0 Å². The SMILES string of the molecule is COCCC(C)(C=Cc1ccc2ccc(C(C)O)nc2c1)C(=O)O. The number of hydrogen-bond donors (Lipinski definition) is 2. The molecule has 0 bridgehead atoms. The third-order valence-electron chi connectivity index (χ3n) is 4.12. The summed E-state index contributed by atoms with van der Waals surface area (Å²) >= 11 is 0. The van der Waals surface area contributed by atoms with Crippen molar-refractivity contribution in [2.24, 2.45) is 5.41 Å². The van der Waals surface area contributed by atoms with Crippen LogP contribution in [0.25, 0.3) is 17.0 Å². The summed E-state index contributed by atoms with van der Waals surface area (Å²) in [7, 11) is 1.56. The lowest BCUT2D eigenvalue weighted by Crippen LogP contribution is -2.26. The van der Waals surface area contributed by atoms with Crippen LogP contribution in [0, 0.1) is 5.41 Å². The van der Waals surface area contributed by atoms with Gasteiger partial charge in [0.1, 0.15) is 0 Å². The Bertz CT molecular complexity index is 754. The molecule has 0 amide bonds. The van der Waals surface area contributed by atoms with Gasteiger partial charge < -0.3 is 14.9 Å². The molecule has 0 saturated carbocycles. The quantitative estimate of drug-likeness (QED) is 0.813. The first kappa shape index (κ1) is 18.1. The lowest BCUT2D eigenvalue weighted by Gasteiger charge is -2.20. The molecule has 2 unspecified atom stereocenters. The van der Waals surface area contributed by atoms with Crippen LogP contribution < -0.4 is 0 Å². The summed E-state index contributed by atoms with van der Waals surface area (Å²) in [5.41, 5.74) is 1.26. The van der Waals surface area contributed by atoms with Gasteiger partial charge in [-0.1, -0.05) is 30.4 Å². The first-order chi connectivity index (χ1) is 11.4. The molecule has 0 radical (unpaired) electrons. The maximum absolute atomic E-state index is 11.5. The van der Waals surface area contributed by atoms with E-state index in [1.807, 2.05) is 24.3 Å². The van der Waals surface area contributed by atoms with Gasteiger partial charge in [-0.25, -0.2) is 0 Å². The van der Waals surface area contributed by atoms with Crippen LogP contribution in [-0.2, 0) is 9.53 Å². The fraction of sp³-hybridized carbons (Fsp3) is 0.368. The molecule has 1 heterocycles. The number of rotatable bonds is 7. The highest BCUT2D eigenvalue weighted by molar-refractivity contribution is 5.82. The number of aliphatic carboxylic acids is 1. The van der Waals surface area contributed by atoms with Gasteiger partial charge in [-0.3, -0.25) is 9.78 Å². The van der Waals surface area contributed by atoms with Gasteiger partial charge >= 0.3 is 5.97 Å². The van der Waals surface area contributed by atoms with Gasteiger partial charge in [0, 0.05) is 19.1 Å². The van der Waals surface area contributed by atoms with Gasteiger partial charge in [0.05, 0.1) is 22.7 Å². The van der Waals surface area contributed by atoms with E-state index in [-0.39, 0.29) is 0 Å². The van der Waals surface area contributed by atoms with E-state index in [0.29, 0.717) is 18.7 Å². The second kappa shape index (κ2) is 7.55. The molecule has 128 valence electrons. The number of nitrogens with zero attached hydrogens (tertiary/aromatic N) is 1. The molecule has 5 nitrogen and oxygen atoms in total. The van der Waals surface area contributed by atoms with E-state index in [1.54, 1.807) is 39.2 Å². The molecular formula is C19H23NO4. The molecule has 24 heavy (non-hydrogen) atoms. The van der Waals surface area contributed by atoms with Crippen molar-refractivity contribution in [2.45, 2.75) is 26.4 Å². The highest BCUT2D eigenvalue weighted by atomic mass is 16.5. The Morgan fingerprint density at radius 2 is 2.08 bits per heavy atom. The van der Waals surface area contributed by atoms with Crippen molar-refractivity contribution in [1.82, 2.24) is 4.98 Å². The summed E-state index contributed by atoms with van der Waals surface area (Å²) in [6.45, 7) is 3.73. The van der Waals surface area contributed by atoms with Crippen LogP contribution in [0.1, 0.15) is 37.6 Å². The summed E-state index contributed by atoms with van der Waals surface area (Å²) in [6, 6.07) is 9.45. The third-order valence-corrected chi connectivity index (χ3v) is 4.12. The molecule has 0 fully saturated rings. The lowest BCUT2D eigenvalue weighted by atomic mass is 9.86. The molecule has 2 atom stereocenters. The number of hydrogen-bond acceptors (Lipinski definition) is 4. The maximum atomic E-state index is 11.5. The normalized spacial score (nSPS) is 15.5. The number of fused-ring (bicyclic) bond motifs is 1. The van der Waals surface area contributed by atoms with Gasteiger partial charge in [-0.05, 0) is 38.0 Å². The van der Waals surface area contributed by atoms with Crippen molar-refractivity contribution in [3.63, 3.8) is 0 Å². The van der Waals surface area contributed by atoms with E-state index in [4.69, 9.17) is 4.74 Å². The average Bonchev–Trinajstić information content (AvgIpc) is 2.57. The Morgan fingerprint density at radius 1 is 1.38 bits per heavy atom. The van der Waals surface area contributed by atoms with Crippen LogP contribution in [0.3, 0.4) is 0 Å². The number of ether oxygens (including phenoxy) is 1. The zero-order valence-electron chi connectivity index (χ0n) is 14.2. The first-order valence-corrected chi connectivity index (χ1v) is 7.86. The number of pyridine rings is 1. The zero-order valence-corrected chi connectivity index (χ0v) is 14.2. The number of carboxylic acids is 1. The molecule has 2 rings (SSSR count). The number of methoxy groups -OCH3 is 1. The Balaban J connectivity index is 2.32. The van der Waals surface area contributed by atoms with Crippen molar-refractivity contribution >= 4 is 22.9 Å². The van der Waals surface area contributed by atoms with Gasteiger partial charge in [0.15, 0.2) is 0 Å². The standard InChI is InChI=1S/C19H23NO4/c1-13(21)16-7-6-15-5-4-14(12-17(15)20-16)8-9-19(2,18(22)23)10-11-24-3/h4-9,12-13,21H,10-11H2,1-3H3,(H,22,23). The number of aliphatic hydroxyl groups is 1. The summed E-state index contributed by atoms with van der Waals surface area (Å²) in [5.74, 6) is -0.883. The van der Waals surface area contributed by atoms with E-state index in [1.165, 1.54) is 0 Å². The molecule has 1 aromatic carbocycles. The minimum absolute atomic E-state index is 0.379. The Kier molecular flexibility index (Phi) is 5.70. The minimum atomic E-state index is -0.986. The van der Waals surface area contributed by atoms with Crippen LogP contribution in [0.15, 0.2) is 36.4 Å². The average molecular weight is 329 g/mol. The minimum Gasteiger partial charge on any atom is -0.481 e. The summed E-state index contributed by atoms with van der Waals surface area (Å²) < 4.78 is 5.00. The number of carbonyl (C=O) groups is 1. The molecule has 2 N–H and O–H groups in total. The second-order valence-electron chi connectivity index (χ2n) is 6.16. The fourth-order valence-electron chi connectivity index (χ4n) is 2.34. The molecule has 2 aromatic rings. The first-order valence-electron chi connectivity index (χ1n) is 7.86. The van der Waals surface area contributed by atoms with Crippen LogP contribution in [0.2, 0.25) is 0 Å². The van der Waals surface area contributed by atoms with E-state index in [2.05, 4.69) is 4.98 Å². The predicted octanol–water partition coefficient (Wildman–Crippen LogP) is 3.43. The number of benzene rings is 1. The molecule has 0 aliphatic rings. The smallest absolute Gasteiger partial charge is 0.313 e. The maximum Gasteiger partial charge on any atom is 0.313 e. The van der Waals surface area contributed by atoms with Gasteiger partial charge in [0.2, 0.25) is 0 Å². The van der Waals surface area contributed by atoms with Crippen molar-refractivity contribution < 1.29 is 19.7 Å². The summed E-state index contributed by atoms with van der Waals surface area (Å²) in [4.78, 5) is 16.0. The van der Waals surface area contributed by atoms with Gasteiger partial charge in [-0.2, -0.15) is 0 Å². The zero-order chi connectivity index (χ0) is 17.7. The van der Waals surface area contributed by atoms with E-state index in [0.717, 1.165) is 16.5 Å². The highest BCUT2D eigenvalue weighted by Crippen LogP contribution is 2.26. The summed E-state index contributed by atoms with van der Waals surface area (Å²) in [5, 5.41) is 20.1. The fourth-order valence-corrected chi connectivity index (χ4v) is 2.34. The molecule has 0 aliphatic carbocycles. The monoisotopic (exact) mass is 329 g/mol. The number of aliphatic hydroxyl groups excluding tert-OH is 1. The summed E-state index contributed by atoms with van der Waals surface area (Å²) in [6.07, 6.45) is 3.25. The van der Waals surface area contributed by atoms with Crippen molar-refractivity contribution in [1.29, 1.82) is 0 Å². The Morgan fingerprint density at radius 3 is 2.71 bits per heavy atom. The second-order valence-corrected chi connectivity index (χ2v) is 6.16. The Hall–Kier alpha value is -2.24. The van der Waals surface area contributed by atoms with E-state index in [9.17, 15) is 15.0 Å². The molecule has 0 aliphatic heterocycles. The molecule has 0 saturated heterocycles. The number of carboxylic acid groups (broad SMARTS) is 1. The predicted molar refractivity (Wildman–Crippen MR) is 93.6 cm³/mol. The van der Waals surface area contributed by atoms with Crippen LogP contribution in [-0.4, -0.2) is 34.9 Å². The molecule has 5 heteroatoms. The number of aromatic nitrogens is 1. The highest BCUT2D eigenvalue weighted by Gasteiger charge is 2.29. The molecular weight excluding hydrogens is 306 g/mol. The van der Waals surface area contributed by atoms with Gasteiger partial charge in [-0.15, -0.1) is 0 Å². The Labute approximate surface area is 141 Å². The van der Waals surface area contributed by atoms with Crippen molar-refractivity contribution in [3.8, 4) is 0 Å². The molecule has 1 aromatic heterocycles. The lowest BCUT2D eigenvalue weighted by molar-refractivity contribution is -0.145. The van der Waals surface area contributed by atoms with Crippen molar-refractivity contribution in [3.05, 3.63) is 47.7 Å².